The standard InChI is InChI=1S/C22H33NO2/c1-15-5-9-21-17(13-15)7-6-16(2)20(21)10-8-18-14-19(11-12-23)25-22(3,4)24-18/h6-7,13,15-16,18-21H,5,8-11,14H2,1-4H3/t15?,16-,18+,19-,20-,21-/m0/s1. The SMILES string of the molecule is CC1C=C2C=C[C@H](C)[C@H](CC[C@@H]3C[C@H](CC#N)OC(C)(C)O3)[C@H]2CC1. The first-order valence-corrected chi connectivity index (χ1v) is 10.0. The average Bonchev–Trinajstić information content (AvgIpc) is 2.53. The Morgan fingerprint density at radius 3 is 2.68 bits per heavy atom. The van der Waals surface area contributed by atoms with E-state index in [1.807, 2.05) is 13.8 Å². The molecule has 0 radical (unpaired) electrons. The molecule has 3 aliphatic rings. The first kappa shape index (κ1) is 18.7. The topological polar surface area (TPSA) is 42.2 Å². The second-order valence-electron chi connectivity index (χ2n) is 8.76. The summed E-state index contributed by atoms with van der Waals surface area (Å²) in [6.45, 7) is 8.64. The molecule has 0 aromatic carbocycles. The summed E-state index contributed by atoms with van der Waals surface area (Å²) in [5, 5.41) is 9.01. The lowest BCUT2D eigenvalue weighted by atomic mass is 9.66. The molecular formula is C22H33NO2. The van der Waals surface area contributed by atoms with Gasteiger partial charge in [-0.3, -0.25) is 0 Å². The highest BCUT2D eigenvalue weighted by Gasteiger charge is 2.37. The number of rotatable bonds is 4. The van der Waals surface area contributed by atoms with Crippen molar-refractivity contribution in [3.05, 3.63) is 23.8 Å². The maximum absolute atomic E-state index is 9.01. The van der Waals surface area contributed by atoms with Gasteiger partial charge in [0.15, 0.2) is 5.79 Å². The van der Waals surface area contributed by atoms with E-state index in [0.29, 0.717) is 18.3 Å². The number of allylic oxidation sites excluding steroid dienone is 4. The molecule has 3 heteroatoms. The molecule has 6 atom stereocenters. The molecular weight excluding hydrogens is 310 g/mol. The van der Waals surface area contributed by atoms with Crippen LogP contribution in [-0.4, -0.2) is 18.0 Å². The van der Waals surface area contributed by atoms with E-state index in [4.69, 9.17) is 14.7 Å². The maximum Gasteiger partial charge on any atom is 0.163 e. The van der Waals surface area contributed by atoms with Crippen LogP contribution in [0, 0.1) is 35.0 Å². The Balaban J connectivity index is 1.63. The summed E-state index contributed by atoms with van der Waals surface area (Å²) in [5.74, 6) is 2.22. The van der Waals surface area contributed by atoms with Gasteiger partial charge in [0.2, 0.25) is 0 Å². The Bertz CT molecular complexity index is 571. The summed E-state index contributed by atoms with van der Waals surface area (Å²) in [5.41, 5.74) is 1.57. The molecule has 2 aliphatic carbocycles. The van der Waals surface area contributed by atoms with Gasteiger partial charge in [0.1, 0.15) is 0 Å². The second kappa shape index (κ2) is 7.64. The van der Waals surface area contributed by atoms with E-state index in [0.717, 1.165) is 24.7 Å². The number of hydrogen-bond acceptors (Lipinski definition) is 3. The molecule has 1 unspecified atom stereocenters. The molecule has 1 aliphatic heterocycles. The molecule has 0 spiro atoms. The van der Waals surface area contributed by atoms with Gasteiger partial charge in [-0.15, -0.1) is 0 Å². The molecule has 0 bridgehead atoms. The summed E-state index contributed by atoms with van der Waals surface area (Å²) in [4.78, 5) is 0. The highest BCUT2D eigenvalue weighted by atomic mass is 16.7. The van der Waals surface area contributed by atoms with Crippen LogP contribution in [0.25, 0.3) is 0 Å². The van der Waals surface area contributed by atoms with E-state index in [-0.39, 0.29) is 12.2 Å². The summed E-state index contributed by atoms with van der Waals surface area (Å²) in [6.07, 6.45) is 13.7. The fourth-order valence-corrected chi connectivity index (χ4v) is 5.02. The molecule has 138 valence electrons. The third-order valence-electron chi connectivity index (χ3n) is 6.19. The zero-order valence-electron chi connectivity index (χ0n) is 16.2. The molecule has 25 heavy (non-hydrogen) atoms. The normalized spacial score (nSPS) is 40.0. The van der Waals surface area contributed by atoms with Crippen LogP contribution in [0.5, 0.6) is 0 Å². The van der Waals surface area contributed by atoms with Crippen LogP contribution in [0.15, 0.2) is 23.8 Å². The summed E-state index contributed by atoms with van der Waals surface area (Å²) in [6, 6.07) is 2.25. The second-order valence-corrected chi connectivity index (χ2v) is 8.76. The molecule has 1 heterocycles. The van der Waals surface area contributed by atoms with Crippen LogP contribution < -0.4 is 0 Å². The van der Waals surface area contributed by atoms with Crippen molar-refractivity contribution in [1.82, 2.24) is 0 Å². The van der Waals surface area contributed by atoms with Crippen LogP contribution >= 0.6 is 0 Å². The van der Waals surface area contributed by atoms with Crippen LogP contribution in [-0.2, 0) is 9.47 Å². The fourth-order valence-electron chi connectivity index (χ4n) is 5.02. The predicted molar refractivity (Wildman–Crippen MR) is 99.7 cm³/mol. The Hall–Kier alpha value is -1.11. The number of fused-ring (bicyclic) bond motifs is 1. The fraction of sp³-hybridized carbons (Fsp3) is 0.773. The highest BCUT2D eigenvalue weighted by molar-refractivity contribution is 5.29. The van der Waals surface area contributed by atoms with Crippen molar-refractivity contribution in [3.8, 4) is 6.07 Å². The van der Waals surface area contributed by atoms with E-state index >= 15 is 0 Å². The zero-order chi connectivity index (χ0) is 18.0. The number of nitriles is 1. The summed E-state index contributed by atoms with van der Waals surface area (Å²) < 4.78 is 12.1. The molecule has 0 amide bonds. The molecule has 3 nitrogen and oxygen atoms in total. The van der Waals surface area contributed by atoms with Gasteiger partial charge in [0.05, 0.1) is 24.7 Å². The maximum atomic E-state index is 9.01. The minimum atomic E-state index is -0.576. The first-order valence-electron chi connectivity index (χ1n) is 10.0. The Labute approximate surface area is 153 Å². The highest BCUT2D eigenvalue weighted by Crippen LogP contribution is 2.44. The average molecular weight is 344 g/mol. The Morgan fingerprint density at radius 2 is 1.92 bits per heavy atom. The molecule has 0 aromatic heterocycles. The smallest absolute Gasteiger partial charge is 0.163 e. The third kappa shape index (κ3) is 4.54. The molecule has 0 saturated carbocycles. The largest absolute Gasteiger partial charge is 0.347 e. The van der Waals surface area contributed by atoms with Crippen molar-refractivity contribution in [3.63, 3.8) is 0 Å². The van der Waals surface area contributed by atoms with E-state index in [1.165, 1.54) is 19.3 Å². The lowest BCUT2D eigenvalue weighted by Gasteiger charge is -2.42. The zero-order valence-corrected chi connectivity index (χ0v) is 16.2. The predicted octanol–water partition coefficient (Wildman–Crippen LogP) is 5.39. The van der Waals surface area contributed by atoms with Crippen molar-refractivity contribution in [1.29, 1.82) is 5.26 Å². The van der Waals surface area contributed by atoms with Crippen LogP contribution in [0.4, 0.5) is 0 Å². The molecule has 0 N–H and O–H groups in total. The Kier molecular flexibility index (Phi) is 5.71. The van der Waals surface area contributed by atoms with Gasteiger partial charge in [0, 0.05) is 6.42 Å². The van der Waals surface area contributed by atoms with E-state index in [1.54, 1.807) is 5.57 Å². The van der Waals surface area contributed by atoms with Gasteiger partial charge in [-0.25, -0.2) is 0 Å². The van der Waals surface area contributed by atoms with E-state index in [2.05, 4.69) is 38.1 Å². The summed E-state index contributed by atoms with van der Waals surface area (Å²) in [7, 11) is 0. The molecule has 0 aromatic rings. The van der Waals surface area contributed by atoms with Crippen LogP contribution in [0.2, 0.25) is 0 Å². The van der Waals surface area contributed by atoms with Gasteiger partial charge in [0.25, 0.3) is 0 Å². The van der Waals surface area contributed by atoms with E-state index in [9.17, 15) is 0 Å². The van der Waals surface area contributed by atoms with E-state index < -0.39 is 5.79 Å². The minimum absolute atomic E-state index is 0.00779. The van der Waals surface area contributed by atoms with Crippen molar-refractivity contribution >= 4 is 0 Å². The van der Waals surface area contributed by atoms with Gasteiger partial charge in [-0.05, 0) is 68.8 Å². The molecule has 1 saturated heterocycles. The van der Waals surface area contributed by atoms with Gasteiger partial charge in [-0.1, -0.05) is 32.1 Å². The number of hydrogen-bond donors (Lipinski definition) is 0. The van der Waals surface area contributed by atoms with Crippen LogP contribution in [0.1, 0.15) is 66.2 Å². The summed E-state index contributed by atoms with van der Waals surface area (Å²) >= 11 is 0. The first-order chi connectivity index (χ1) is 11.9. The lowest BCUT2D eigenvalue weighted by molar-refractivity contribution is -0.299. The third-order valence-corrected chi connectivity index (χ3v) is 6.19. The van der Waals surface area contributed by atoms with Crippen molar-refractivity contribution in [2.45, 2.75) is 84.2 Å². The molecule has 3 rings (SSSR count). The molecule has 1 fully saturated rings. The van der Waals surface area contributed by atoms with Crippen molar-refractivity contribution in [2.24, 2.45) is 23.7 Å². The van der Waals surface area contributed by atoms with Gasteiger partial charge in [-0.2, -0.15) is 5.26 Å². The Morgan fingerprint density at radius 1 is 1.16 bits per heavy atom. The van der Waals surface area contributed by atoms with Gasteiger partial charge < -0.3 is 9.47 Å². The van der Waals surface area contributed by atoms with Crippen molar-refractivity contribution < 1.29 is 9.47 Å². The minimum Gasteiger partial charge on any atom is -0.347 e. The quantitative estimate of drug-likeness (QED) is 0.687. The van der Waals surface area contributed by atoms with Crippen LogP contribution in [0.3, 0.4) is 0 Å². The number of nitrogens with zero attached hydrogens (tertiary/aromatic N) is 1. The number of ether oxygens (including phenoxy) is 2. The van der Waals surface area contributed by atoms with Gasteiger partial charge >= 0.3 is 0 Å². The lowest BCUT2D eigenvalue weighted by Crippen LogP contribution is -2.44. The van der Waals surface area contributed by atoms with Crippen molar-refractivity contribution in [2.75, 3.05) is 0 Å². The monoisotopic (exact) mass is 343 g/mol.